The number of anilines is 2. The van der Waals surface area contributed by atoms with E-state index < -0.39 is 11.0 Å². The van der Waals surface area contributed by atoms with Crippen LogP contribution in [0.5, 0.6) is 0 Å². The van der Waals surface area contributed by atoms with E-state index in [2.05, 4.69) is 33.5 Å². The molecule has 1 aromatic heterocycles. The van der Waals surface area contributed by atoms with Crippen LogP contribution in [0.1, 0.15) is 23.7 Å². The Hall–Kier alpha value is -3.81. The topological polar surface area (TPSA) is 101 Å². The minimum atomic E-state index is -0.459. The lowest BCUT2D eigenvalue weighted by molar-refractivity contribution is -0.384. The lowest BCUT2D eigenvalue weighted by Gasteiger charge is -2.11. The average Bonchev–Trinajstić information content (AvgIpc) is 3.02. The summed E-state index contributed by atoms with van der Waals surface area (Å²) in [4.78, 5) is 22.9. The average molecular weight is 391 g/mol. The second-order valence-electron chi connectivity index (χ2n) is 6.89. The number of nitro groups is 1. The number of hydrogen-bond acceptors (Lipinski definition) is 4. The van der Waals surface area contributed by atoms with E-state index in [0.29, 0.717) is 16.9 Å². The molecule has 2 heterocycles. The number of nitrogens with one attached hydrogen (secondary N) is 3. The Morgan fingerprint density at radius 1 is 1.24 bits per heavy atom. The van der Waals surface area contributed by atoms with Gasteiger partial charge in [0.25, 0.3) is 5.69 Å². The number of non-ortho nitro benzene ring substituents is 1. The molecule has 4 rings (SSSR count). The van der Waals surface area contributed by atoms with E-state index in [4.69, 9.17) is 0 Å². The Morgan fingerprint density at radius 2 is 2.07 bits per heavy atom. The summed E-state index contributed by atoms with van der Waals surface area (Å²) in [5.41, 5.74) is 5.34. The number of aromatic nitrogens is 1. The van der Waals surface area contributed by atoms with Gasteiger partial charge in [-0.15, -0.1) is 0 Å². The molecule has 0 saturated heterocycles. The first-order chi connectivity index (χ1) is 14.0. The summed E-state index contributed by atoms with van der Waals surface area (Å²) >= 11 is 0. The summed E-state index contributed by atoms with van der Waals surface area (Å²) in [5, 5.41) is 20.8. The van der Waals surface area contributed by atoms with Gasteiger partial charge in [-0.25, -0.2) is 4.79 Å². The number of urea groups is 1. The highest BCUT2D eigenvalue weighted by atomic mass is 16.6. The fourth-order valence-electron chi connectivity index (χ4n) is 3.72. The summed E-state index contributed by atoms with van der Waals surface area (Å²) < 4.78 is 2.26. The second kappa shape index (κ2) is 7.31. The van der Waals surface area contributed by atoms with Crippen LogP contribution in [-0.2, 0) is 13.1 Å². The van der Waals surface area contributed by atoms with Crippen LogP contribution >= 0.6 is 0 Å². The number of amides is 2. The SMILES string of the molecule is CCn1c2c(c3cc(NC(=O)Nc4ccc([N+](=O)[O-])cc4C)ccc31)CNC=C2. The number of nitro benzene ring substituents is 1. The molecule has 0 spiro atoms. The van der Waals surface area contributed by atoms with Crippen LogP contribution in [0.4, 0.5) is 21.9 Å². The summed E-state index contributed by atoms with van der Waals surface area (Å²) in [6.45, 7) is 5.44. The van der Waals surface area contributed by atoms with Crippen LogP contribution in [0.15, 0.2) is 42.6 Å². The lowest BCUT2D eigenvalue weighted by atomic mass is 10.1. The van der Waals surface area contributed by atoms with E-state index in [0.717, 1.165) is 24.0 Å². The van der Waals surface area contributed by atoms with Gasteiger partial charge in [-0.05, 0) is 56.0 Å². The number of aryl methyl sites for hydroxylation is 2. The Balaban J connectivity index is 1.57. The third kappa shape index (κ3) is 3.40. The van der Waals surface area contributed by atoms with Crippen LogP contribution in [0, 0.1) is 17.0 Å². The number of carbonyl (C=O) groups is 1. The summed E-state index contributed by atoms with van der Waals surface area (Å²) in [6.07, 6.45) is 4.02. The van der Waals surface area contributed by atoms with Gasteiger partial charge in [-0.3, -0.25) is 10.1 Å². The van der Waals surface area contributed by atoms with Gasteiger partial charge in [-0.1, -0.05) is 0 Å². The van der Waals surface area contributed by atoms with Crippen molar-refractivity contribution in [3.63, 3.8) is 0 Å². The van der Waals surface area contributed by atoms with Crippen LogP contribution in [0.2, 0.25) is 0 Å². The number of hydrogen-bond donors (Lipinski definition) is 3. The molecule has 29 heavy (non-hydrogen) atoms. The zero-order valence-corrected chi connectivity index (χ0v) is 16.2. The third-order valence-electron chi connectivity index (χ3n) is 5.09. The standard InChI is InChI=1S/C21H21N5O3/c1-3-25-19-7-4-14(11-16(19)17-12-22-9-8-20(17)25)23-21(27)24-18-6-5-15(26(28)29)10-13(18)2/h4-11,22H,3,12H2,1-2H3,(H2,23,24,27). The van der Waals surface area contributed by atoms with Crippen molar-refractivity contribution in [1.82, 2.24) is 9.88 Å². The molecule has 2 amide bonds. The molecule has 0 aliphatic carbocycles. The fourth-order valence-corrected chi connectivity index (χ4v) is 3.72. The predicted molar refractivity (Wildman–Crippen MR) is 114 cm³/mol. The highest BCUT2D eigenvalue weighted by Gasteiger charge is 2.17. The third-order valence-corrected chi connectivity index (χ3v) is 5.09. The first-order valence-corrected chi connectivity index (χ1v) is 9.36. The van der Waals surface area contributed by atoms with Gasteiger partial charge in [0, 0.05) is 58.8 Å². The Kier molecular flexibility index (Phi) is 4.67. The number of fused-ring (bicyclic) bond motifs is 3. The molecule has 3 aromatic rings. The van der Waals surface area contributed by atoms with Gasteiger partial charge in [0.05, 0.1) is 4.92 Å². The molecular weight excluding hydrogens is 370 g/mol. The van der Waals surface area contributed by atoms with Crippen LogP contribution < -0.4 is 16.0 Å². The summed E-state index contributed by atoms with van der Waals surface area (Å²) in [7, 11) is 0. The van der Waals surface area contributed by atoms with Crippen molar-refractivity contribution < 1.29 is 9.72 Å². The first kappa shape index (κ1) is 18.5. The number of nitrogens with zero attached hydrogens (tertiary/aromatic N) is 2. The molecule has 1 aliphatic rings. The van der Waals surface area contributed by atoms with Crippen molar-refractivity contribution in [1.29, 1.82) is 0 Å². The second-order valence-corrected chi connectivity index (χ2v) is 6.89. The molecule has 8 nitrogen and oxygen atoms in total. The molecule has 0 fully saturated rings. The van der Waals surface area contributed by atoms with Crippen molar-refractivity contribution >= 4 is 40.1 Å². The molecule has 0 bridgehead atoms. The van der Waals surface area contributed by atoms with E-state index in [-0.39, 0.29) is 5.69 Å². The van der Waals surface area contributed by atoms with Gasteiger partial charge in [0.1, 0.15) is 0 Å². The molecule has 3 N–H and O–H groups in total. The van der Waals surface area contributed by atoms with Crippen molar-refractivity contribution in [2.45, 2.75) is 26.9 Å². The van der Waals surface area contributed by atoms with Crippen molar-refractivity contribution in [3.05, 3.63) is 69.5 Å². The zero-order valence-electron chi connectivity index (χ0n) is 16.2. The Labute approximate surface area is 167 Å². The highest BCUT2D eigenvalue weighted by molar-refractivity contribution is 6.02. The minimum Gasteiger partial charge on any atom is -0.387 e. The first-order valence-electron chi connectivity index (χ1n) is 9.36. The minimum absolute atomic E-state index is 0.00761. The molecule has 2 aromatic carbocycles. The molecule has 0 unspecified atom stereocenters. The van der Waals surface area contributed by atoms with Gasteiger partial charge in [0.15, 0.2) is 0 Å². The van der Waals surface area contributed by atoms with Gasteiger partial charge in [0.2, 0.25) is 0 Å². The smallest absolute Gasteiger partial charge is 0.323 e. The van der Waals surface area contributed by atoms with Gasteiger partial charge < -0.3 is 20.5 Å². The van der Waals surface area contributed by atoms with Gasteiger partial charge >= 0.3 is 6.03 Å². The maximum Gasteiger partial charge on any atom is 0.323 e. The van der Waals surface area contributed by atoms with Crippen LogP contribution in [0.25, 0.3) is 17.0 Å². The van der Waals surface area contributed by atoms with Crippen molar-refractivity contribution in [2.24, 2.45) is 0 Å². The maximum atomic E-state index is 12.5. The van der Waals surface area contributed by atoms with Crippen molar-refractivity contribution in [2.75, 3.05) is 10.6 Å². The number of rotatable bonds is 4. The van der Waals surface area contributed by atoms with E-state index in [1.165, 1.54) is 29.5 Å². The zero-order chi connectivity index (χ0) is 20.5. The molecule has 0 atom stereocenters. The van der Waals surface area contributed by atoms with E-state index in [9.17, 15) is 14.9 Å². The molecule has 1 aliphatic heterocycles. The maximum absolute atomic E-state index is 12.5. The van der Waals surface area contributed by atoms with E-state index >= 15 is 0 Å². The van der Waals surface area contributed by atoms with Crippen LogP contribution in [0.3, 0.4) is 0 Å². The van der Waals surface area contributed by atoms with E-state index in [1.807, 2.05) is 24.4 Å². The Morgan fingerprint density at radius 3 is 2.79 bits per heavy atom. The molecular formula is C21H21N5O3. The molecule has 8 heteroatoms. The van der Waals surface area contributed by atoms with Gasteiger partial charge in [-0.2, -0.15) is 0 Å². The normalized spacial score (nSPS) is 12.3. The Bertz CT molecular complexity index is 1160. The number of benzene rings is 2. The lowest BCUT2D eigenvalue weighted by Crippen LogP contribution is -2.20. The highest BCUT2D eigenvalue weighted by Crippen LogP contribution is 2.31. The van der Waals surface area contributed by atoms with E-state index in [1.54, 1.807) is 6.92 Å². The largest absolute Gasteiger partial charge is 0.387 e. The predicted octanol–water partition coefficient (Wildman–Crippen LogP) is 4.60. The molecule has 148 valence electrons. The summed E-state index contributed by atoms with van der Waals surface area (Å²) in [5.74, 6) is 0. The fraction of sp³-hybridized carbons (Fsp3) is 0.190. The summed E-state index contributed by atoms with van der Waals surface area (Å²) in [6, 6.07) is 9.80. The molecule has 0 saturated carbocycles. The quantitative estimate of drug-likeness (QED) is 0.447. The molecule has 0 radical (unpaired) electrons. The number of carbonyl (C=O) groups excluding carboxylic acids is 1. The van der Waals surface area contributed by atoms with Crippen LogP contribution in [-0.4, -0.2) is 15.5 Å². The monoisotopic (exact) mass is 391 g/mol. The van der Waals surface area contributed by atoms with Crippen molar-refractivity contribution in [3.8, 4) is 0 Å².